The van der Waals surface area contributed by atoms with E-state index in [2.05, 4.69) is 10.6 Å². The first-order valence-electron chi connectivity index (χ1n) is 6.71. The molecule has 7 heteroatoms. The third-order valence-electron chi connectivity index (χ3n) is 3.30. The van der Waals surface area contributed by atoms with Crippen LogP contribution in [0.2, 0.25) is 0 Å². The van der Waals surface area contributed by atoms with Crippen molar-refractivity contribution in [3.05, 3.63) is 4.88 Å². The fourth-order valence-corrected chi connectivity index (χ4v) is 3.25. The number of hydrogen-bond acceptors (Lipinski definition) is 6. The molecule has 20 heavy (non-hydrogen) atoms. The molecule has 0 spiro atoms. The normalized spacial score (nSPS) is 18.6. The second-order valence-electron chi connectivity index (χ2n) is 4.66. The van der Waals surface area contributed by atoms with Gasteiger partial charge in [-0.25, -0.2) is 0 Å². The minimum Gasteiger partial charge on any atom is -0.492 e. The molecule has 1 amide bonds. The number of carbonyl (C=O) groups is 1. The molecule has 1 aliphatic heterocycles. The highest BCUT2D eigenvalue weighted by Gasteiger charge is 2.22. The summed E-state index contributed by atoms with van der Waals surface area (Å²) >= 11 is 1.30. The Kier molecular flexibility index (Phi) is 5.08. The van der Waals surface area contributed by atoms with Crippen molar-refractivity contribution in [1.29, 1.82) is 0 Å². The molecule has 0 saturated carbocycles. The van der Waals surface area contributed by atoms with E-state index in [1.807, 2.05) is 0 Å². The maximum atomic E-state index is 11.7. The van der Waals surface area contributed by atoms with Gasteiger partial charge in [0, 0.05) is 20.2 Å². The maximum Gasteiger partial charge on any atom is 0.263 e. The summed E-state index contributed by atoms with van der Waals surface area (Å²) in [7, 11) is 3.13. The number of anilines is 2. The number of hydrogen-bond donors (Lipinski definition) is 3. The van der Waals surface area contributed by atoms with E-state index in [9.17, 15) is 4.79 Å². The largest absolute Gasteiger partial charge is 0.492 e. The van der Waals surface area contributed by atoms with Gasteiger partial charge >= 0.3 is 0 Å². The summed E-state index contributed by atoms with van der Waals surface area (Å²) in [5, 5.41) is 6.63. The molecule has 0 aromatic carbocycles. The molecule has 0 aliphatic carbocycles. The van der Waals surface area contributed by atoms with Gasteiger partial charge < -0.3 is 25.8 Å². The molecule has 1 aliphatic rings. The molecule has 1 saturated heterocycles. The summed E-state index contributed by atoms with van der Waals surface area (Å²) < 4.78 is 11.0. The highest BCUT2D eigenvalue weighted by atomic mass is 32.1. The van der Waals surface area contributed by atoms with E-state index in [0.29, 0.717) is 22.9 Å². The molecule has 1 atom stereocenters. The van der Waals surface area contributed by atoms with Crippen LogP contribution < -0.4 is 21.1 Å². The van der Waals surface area contributed by atoms with Gasteiger partial charge in [0.1, 0.15) is 15.6 Å². The van der Waals surface area contributed by atoms with Crippen LogP contribution in [0.4, 0.5) is 10.7 Å². The van der Waals surface area contributed by atoms with Crippen molar-refractivity contribution in [2.45, 2.75) is 25.4 Å². The van der Waals surface area contributed by atoms with Crippen molar-refractivity contribution in [2.24, 2.45) is 0 Å². The fourth-order valence-electron chi connectivity index (χ4n) is 2.20. The number of amides is 1. The van der Waals surface area contributed by atoms with Gasteiger partial charge in [-0.1, -0.05) is 0 Å². The van der Waals surface area contributed by atoms with Crippen LogP contribution in [-0.4, -0.2) is 39.3 Å². The Morgan fingerprint density at radius 1 is 1.55 bits per heavy atom. The lowest BCUT2D eigenvalue weighted by Gasteiger charge is -2.23. The average Bonchev–Trinajstić information content (AvgIpc) is 2.81. The number of methoxy groups -OCH3 is 1. The van der Waals surface area contributed by atoms with E-state index in [-0.39, 0.29) is 12.0 Å². The summed E-state index contributed by atoms with van der Waals surface area (Å²) in [6.07, 6.45) is 3.59. The summed E-state index contributed by atoms with van der Waals surface area (Å²) in [5.74, 6) is 0.331. The van der Waals surface area contributed by atoms with Gasteiger partial charge in [0.15, 0.2) is 5.75 Å². The second-order valence-corrected chi connectivity index (χ2v) is 5.68. The van der Waals surface area contributed by atoms with Crippen molar-refractivity contribution in [2.75, 3.05) is 38.4 Å². The lowest BCUT2D eigenvalue weighted by Crippen LogP contribution is -2.26. The minimum absolute atomic E-state index is 0.201. The van der Waals surface area contributed by atoms with E-state index in [0.717, 1.165) is 24.4 Å². The summed E-state index contributed by atoms with van der Waals surface area (Å²) in [5.41, 5.74) is 6.33. The Bertz CT molecular complexity index is 470. The lowest BCUT2D eigenvalue weighted by atomic mass is 10.1. The minimum atomic E-state index is -0.201. The van der Waals surface area contributed by atoms with E-state index in [4.69, 9.17) is 15.2 Å². The first-order chi connectivity index (χ1) is 9.67. The van der Waals surface area contributed by atoms with Gasteiger partial charge in [0.05, 0.1) is 13.2 Å². The summed E-state index contributed by atoms with van der Waals surface area (Å²) in [6.45, 7) is 1.52. The van der Waals surface area contributed by atoms with Crippen molar-refractivity contribution in [3.8, 4) is 5.75 Å². The van der Waals surface area contributed by atoms with E-state index in [1.54, 1.807) is 14.2 Å². The van der Waals surface area contributed by atoms with Crippen LogP contribution in [0.3, 0.4) is 0 Å². The smallest absolute Gasteiger partial charge is 0.263 e. The van der Waals surface area contributed by atoms with Crippen LogP contribution in [0.5, 0.6) is 5.75 Å². The number of thiophene rings is 1. The molecule has 1 aromatic rings. The summed E-state index contributed by atoms with van der Waals surface area (Å²) in [4.78, 5) is 12.2. The first kappa shape index (κ1) is 14.9. The molecule has 112 valence electrons. The molecule has 1 fully saturated rings. The lowest BCUT2D eigenvalue weighted by molar-refractivity contribution is 0.0248. The zero-order chi connectivity index (χ0) is 14.5. The Hall–Kier alpha value is -1.47. The Balaban J connectivity index is 2.08. The molecule has 2 rings (SSSR count). The number of nitrogens with two attached hydrogens (primary N) is 1. The van der Waals surface area contributed by atoms with Crippen LogP contribution in [0.15, 0.2) is 0 Å². The number of nitrogens with one attached hydrogen (secondary N) is 2. The van der Waals surface area contributed by atoms with E-state index < -0.39 is 0 Å². The zero-order valence-electron chi connectivity index (χ0n) is 11.8. The number of rotatable bonds is 5. The van der Waals surface area contributed by atoms with Gasteiger partial charge in [-0.3, -0.25) is 4.79 Å². The van der Waals surface area contributed by atoms with Crippen LogP contribution in [0.1, 0.15) is 28.9 Å². The SMILES string of the molecule is CNC(=O)c1sc(NCC2CCCCO2)c(OC)c1N. The van der Waals surface area contributed by atoms with Crippen molar-refractivity contribution >= 4 is 27.9 Å². The van der Waals surface area contributed by atoms with Crippen molar-refractivity contribution in [3.63, 3.8) is 0 Å². The Labute approximate surface area is 122 Å². The van der Waals surface area contributed by atoms with Gasteiger partial charge in [-0.2, -0.15) is 0 Å². The molecular formula is C13H21N3O3S. The highest BCUT2D eigenvalue weighted by Crippen LogP contribution is 2.42. The number of carbonyl (C=O) groups excluding carboxylic acids is 1. The van der Waals surface area contributed by atoms with Crippen LogP contribution >= 0.6 is 11.3 Å². The standard InChI is InChI=1S/C13H21N3O3S/c1-15-12(17)11-9(14)10(18-2)13(20-11)16-7-8-5-3-4-6-19-8/h8,16H,3-7,14H2,1-2H3,(H,15,17). The molecule has 4 N–H and O–H groups in total. The van der Waals surface area contributed by atoms with Gasteiger partial charge in [-0.15, -0.1) is 11.3 Å². The Morgan fingerprint density at radius 2 is 2.35 bits per heavy atom. The number of ether oxygens (including phenoxy) is 2. The van der Waals surface area contributed by atoms with Crippen molar-refractivity contribution in [1.82, 2.24) is 5.32 Å². The predicted octanol–water partition coefficient (Wildman–Crippen LogP) is 1.68. The van der Waals surface area contributed by atoms with Crippen LogP contribution in [0.25, 0.3) is 0 Å². The van der Waals surface area contributed by atoms with Crippen molar-refractivity contribution < 1.29 is 14.3 Å². The number of nitrogen functional groups attached to an aromatic ring is 1. The molecule has 0 bridgehead atoms. The predicted molar refractivity (Wildman–Crippen MR) is 80.8 cm³/mol. The topological polar surface area (TPSA) is 85.6 Å². The molecule has 0 radical (unpaired) electrons. The average molecular weight is 299 g/mol. The fraction of sp³-hybridized carbons (Fsp3) is 0.615. The van der Waals surface area contributed by atoms with Gasteiger partial charge in [-0.05, 0) is 19.3 Å². The first-order valence-corrected chi connectivity index (χ1v) is 7.52. The third-order valence-corrected chi connectivity index (χ3v) is 4.44. The van der Waals surface area contributed by atoms with Gasteiger partial charge in [0.2, 0.25) is 0 Å². The zero-order valence-corrected chi connectivity index (χ0v) is 12.6. The Morgan fingerprint density at radius 3 is 2.95 bits per heavy atom. The summed E-state index contributed by atoms with van der Waals surface area (Å²) in [6, 6.07) is 0. The van der Waals surface area contributed by atoms with E-state index in [1.165, 1.54) is 17.8 Å². The monoisotopic (exact) mass is 299 g/mol. The quantitative estimate of drug-likeness (QED) is 0.770. The molecular weight excluding hydrogens is 278 g/mol. The van der Waals surface area contributed by atoms with Crippen LogP contribution in [0, 0.1) is 0 Å². The molecule has 2 heterocycles. The van der Waals surface area contributed by atoms with Crippen LogP contribution in [-0.2, 0) is 4.74 Å². The van der Waals surface area contributed by atoms with E-state index >= 15 is 0 Å². The third kappa shape index (κ3) is 3.16. The highest BCUT2D eigenvalue weighted by molar-refractivity contribution is 7.19. The molecule has 1 aromatic heterocycles. The maximum absolute atomic E-state index is 11.7. The molecule has 1 unspecified atom stereocenters. The van der Waals surface area contributed by atoms with Gasteiger partial charge in [0.25, 0.3) is 5.91 Å². The molecule has 6 nitrogen and oxygen atoms in total. The second kappa shape index (κ2) is 6.81.